The van der Waals surface area contributed by atoms with Crippen LogP contribution in [0.2, 0.25) is 0 Å². The zero-order valence-corrected chi connectivity index (χ0v) is 14.5. The summed E-state index contributed by atoms with van der Waals surface area (Å²) in [6.07, 6.45) is 6.83. The third-order valence-corrected chi connectivity index (χ3v) is 4.76. The summed E-state index contributed by atoms with van der Waals surface area (Å²) in [5.41, 5.74) is 0. The van der Waals surface area contributed by atoms with Crippen molar-refractivity contribution in [2.45, 2.75) is 18.9 Å². The Labute approximate surface area is 151 Å². The molecule has 2 aromatic rings. The molecule has 26 heavy (non-hydrogen) atoms. The molecular formula is C17H22N6O3. The van der Waals surface area contributed by atoms with Crippen LogP contribution in [-0.4, -0.2) is 66.5 Å². The standard InChI is InChI=1S/C17H22N6O3/c24-17(14-11-15(21-26-14)23-7-9-25-10-8-23)20-13-1-5-22(6-2-13)16-12-18-3-4-19-16/h3-4,11-13H,1-2,5-10H2,(H,20,24). The number of amides is 1. The van der Waals surface area contributed by atoms with E-state index < -0.39 is 0 Å². The fourth-order valence-electron chi connectivity index (χ4n) is 3.28. The number of rotatable bonds is 4. The Morgan fingerprint density at radius 3 is 2.58 bits per heavy atom. The molecule has 0 aromatic carbocycles. The van der Waals surface area contributed by atoms with Crippen LogP contribution >= 0.6 is 0 Å². The lowest BCUT2D eigenvalue weighted by molar-refractivity contribution is 0.0893. The lowest BCUT2D eigenvalue weighted by Crippen LogP contribution is -2.44. The highest BCUT2D eigenvalue weighted by Gasteiger charge is 2.24. The van der Waals surface area contributed by atoms with Gasteiger partial charge >= 0.3 is 0 Å². The molecule has 0 spiro atoms. The first-order chi connectivity index (χ1) is 12.8. The highest BCUT2D eigenvalue weighted by atomic mass is 16.5. The third kappa shape index (κ3) is 3.77. The van der Waals surface area contributed by atoms with Gasteiger partial charge in [0.05, 0.1) is 19.4 Å². The van der Waals surface area contributed by atoms with Crippen molar-refractivity contribution in [3.63, 3.8) is 0 Å². The summed E-state index contributed by atoms with van der Waals surface area (Å²) in [6.45, 7) is 4.51. The van der Waals surface area contributed by atoms with Gasteiger partial charge in [0.1, 0.15) is 5.82 Å². The maximum absolute atomic E-state index is 12.4. The van der Waals surface area contributed by atoms with Gasteiger partial charge in [-0.2, -0.15) is 0 Å². The van der Waals surface area contributed by atoms with Crippen LogP contribution in [0.25, 0.3) is 0 Å². The zero-order chi connectivity index (χ0) is 17.8. The van der Waals surface area contributed by atoms with Crippen LogP contribution in [0.5, 0.6) is 0 Å². The summed E-state index contributed by atoms with van der Waals surface area (Å²) < 4.78 is 10.6. The van der Waals surface area contributed by atoms with E-state index in [9.17, 15) is 4.79 Å². The molecule has 9 heteroatoms. The quantitative estimate of drug-likeness (QED) is 0.853. The second-order valence-electron chi connectivity index (χ2n) is 6.45. The molecule has 1 N–H and O–H groups in total. The number of hydrogen-bond acceptors (Lipinski definition) is 8. The van der Waals surface area contributed by atoms with Crippen molar-refractivity contribution in [2.75, 3.05) is 49.2 Å². The van der Waals surface area contributed by atoms with Crippen molar-refractivity contribution in [3.05, 3.63) is 30.4 Å². The van der Waals surface area contributed by atoms with Gasteiger partial charge in [0.15, 0.2) is 5.82 Å². The van der Waals surface area contributed by atoms with Gasteiger partial charge in [-0.1, -0.05) is 5.16 Å². The second-order valence-corrected chi connectivity index (χ2v) is 6.45. The minimum atomic E-state index is -0.213. The number of hydrogen-bond donors (Lipinski definition) is 1. The van der Waals surface area contributed by atoms with Crippen LogP contribution in [0.4, 0.5) is 11.6 Å². The van der Waals surface area contributed by atoms with E-state index in [1.807, 2.05) is 0 Å². The molecular weight excluding hydrogens is 336 g/mol. The van der Waals surface area contributed by atoms with Crippen molar-refractivity contribution < 1.29 is 14.1 Å². The van der Waals surface area contributed by atoms with E-state index in [1.165, 1.54) is 0 Å². The number of piperidine rings is 1. The normalized spacial score (nSPS) is 18.8. The van der Waals surface area contributed by atoms with Crippen molar-refractivity contribution in [2.24, 2.45) is 0 Å². The molecule has 1 amide bonds. The number of nitrogens with zero attached hydrogens (tertiary/aromatic N) is 5. The summed E-state index contributed by atoms with van der Waals surface area (Å²) in [5.74, 6) is 1.61. The number of ether oxygens (including phenoxy) is 1. The largest absolute Gasteiger partial charge is 0.378 e. The highest BCUT2D eigenvalue weighted by Crippen LogP contribution is 2.19. The summed E-state index contributed by atoms with van der Waals surface area (Å²) in [6, 6.07) is 1.82. The molecule has 9 nitrogen and oxygen atoms in total. The van der Waals surface area contributed by atoms with Gasteiger partial charge in [-0.3, -0.25) is 9.78 Å². The van der Waals surface area contributed by atoms with E-state index in [4.69, 9.17) is 9.26 Å². The lowest BCUT2D eigenvalue weighted by Gasteiger charge is -2.32. The van der Waals surface area contributed by atoms with Crippen LogP contribution in [0.1, 0.15) is 23.4 Å². The predicted octanol–water partition coefficient (Wildman–Crippen LogP) is 0.700. The van der Waals surface area contributed by atoms with Gasteiger partial charge in [-0.25, -0.2) is 4.98 Å². The fourth-order valence-corrected chi connectivity index (χ4v) is 3.28. The monoisotopic (exact) mass is 358 g/mol. The Morgan fingerprint density at radius 1 is 1.08 bits per heavy atom. The maximum atomic E-state index is 12.4. The Morgan fingerprint density at radius 2 is 1.85 bits per heavy atom. The predicted molar refractivity (Wildman–Crippen MR) is 94.3 cm³/mol. The number of aromatic nitrogens is 3. The molecule has 2 aliphatic rings. The first kappa shape index (κ1) is 16.8. The molecule has 2 aromatic heterocycles. The van der Waals surface area contributed by atoms with E-state index in [0.717, 1.165) is 44.8 Å². The smallest absolute Gasteiger partial charge is 0.290 e. The van der Waals surface area contributed by atoms with E-state index in [0.29, 0.717) is 19.0 Å². The molecule has 2 fully saturated rings. The minimum absolute atomic E-state index is 0.118. The molecule has 2 saturated heterocycles. The van der Waals surface area contributed by atoms with E-state index >= 15 is 0 Å². The van der Waals surface area contributed by atoms with Gasteiger partial charge in [0, 0.05) is 50.7 Å². The third-order valence-electron chi connectivity index (χ3n) is 4.76. The van der Waals surface area contributed by atoms with Crippen LogP contribution < -0.4 is 15.1 Å². The second kappa shape index (κ2) is 7.69. The summed E-state index contributed by atoms with van der Waals surface area (Å²) >= 11 is 0. The van der Waals surface area contributed by atoms with Crippen molar-refractivity contribution in [1.29, 1.82) is 0 Å². The van der Waals surface area contributed by atoms with Crippen LogP contribution in [0.15, 0.2) is 29.2 Å². The molecule has 0 aliphatic carbocycles. The molecule has 0 atom stereocenters. The molecule has 138 valence electrons. The minimum Gasteiger partial charge on any atom is -0.378 e. The van der Waals surface area contributed by atoms with E-state index in [2.05, 4.69) is 30.2 Å². The average molecular weight is 358 g/mol. The van der Waals surface area contributed by atoms with Crippen molar-refractivity contribution >= 4 is 17.5 Å². The Kier molecular flexibility index (Phi) is 4.96. The van der Waals surface area contributed by atoms with Gasteiger partial charge in [0.25, 0.3) is 5.91 Å². The van der Waals surface area contributed by atoms with Gasteiger partial charge in [-0.15, -0.1) is 0 Å². The van der Waals surface area contributed by atoms with Gasteiger partial charge < -0.3 is 24.4 Å². The highest BCUT2D eigenvalue weighted by molar-refractivity contribution is 5.92. The molecule has 0 bridgehead atoms. The SMILES string of the molecule is O=C(NC1CCN(c2cnccn2)CC1)c1cc(N2CCOCC2)no1. The number of carbonyl (C=O) groups is 1. The molecule has 0 unspecified atom stereocenters. The maximum Gasteiger partial charge on any atom is 0.290 e. The Bertz CT molecular complexity index is 723. The fraction of sp³-hybridized carbons (Fsp3) is 0.529. The number of nitrogens with one attached hydrogen (secondary N) is 1. The van der Waals surface area contributed by atoms with Crippen LogP contribution in [0.3, 0.4) is 0 Å². The summed E-state index contributed by atoms with van der Waals surface area (Å²) in [5, 5.41) is 7.06. The van der Waals surface area contributed by atoms with E-state index in [1.54, 1.807) is 24.7 Å². The van der Waals surface area contributed by atoms with Crippen molar-refractivity contribution in [3.8, 4) is 0 Å². The zero-order valence-electron chi connectivity index (χ0n) is 14.5. The molecule has 0 radical (unpaired) electrons. The van der Waals surface area contributed by atoms with Crippen LogP contribution in [0, 0.1) is 0 Å². The van der Waals surface area contributed by atoms with Gasteiger partial charge in [-0.05, 0) is 12.8 Å². The van der Waals surface area contributed by atoms with Crippen LogP contribution in [-0.2, 0) is 4.74 Å². The van der Waals surface area contributed by atoms with E-state index in [-0.39, 0.29) is 17.7 Å². The topological polar surface area (TPSA) is 96.6 Å². The first-order valence-corrected chi connectivity index (χ1v) is 8.91. The van der Waals surface area contributed by atoms with Crippen molar-refractivity contribution in [1.82, 2.24) is 20.4 Å². The van der Waals surface area contributed by atoms with Gasteiger partial charge in [0.2, 0.25) is 5.76 Å². The molecule has 0 saturated carbocycles. The number of anilines is 2. The number of morpholine rings is 1. The summed E-state index contributed by atoms with van der Waals surface area (Å²) in [7, 11) is 0. The lowest BCUT2D eigenvalue weighted by atomic mass is 10.0. The number of carbonyl (C=O) groups excluding carboxylic acids is 1. The molecule has 4 rings (SSSR count). The summed E-state index contributed by atoms with van der Waals surface area (Å²) in [4.78, 5) is 25.1. The Balaban J connectivity index is 1.29. The molecule has 4 heterocycles. The Hall–Kier alpha value is -2.68. The molecule has 2 aliphatic heterocycles. The first-order valence-electron chi connectivity index (χ1n) is 8.91. The average Bonchev–Trinajstić information content (AvgIpc) is 3.20.